The molecule has 0 aliphatic heterocycles. The molecule has 0 radical (unpaired) electrons. The molecule has 0 saturated heterocycles. The first kappa shape index (κ1) is 13.0. The molecule has 4 saturated carbocycles. The number of aromatic nitrogens is 2. The lowest BCUT2D eigenvalue weighted by atomic mass is 9.53. The highest BCUT2D eigenvalue weighted by Gasteiger charge is 2.51. The van der Waals surface area contributed by atoms with Crippen LogP contribution in [0.3, 0.4) is 0 Å². The van der Waals surface area contributed by atoms with Crippen molar-refractivity contribution in [2.75, 3.05) is 7.11 Å². The summed E-state index contributed by atoms with van der Waals surface area (Å²) in [5.41, 5.74) is 0.402. The Balaban J connectivity index is 1.51. The fourth-order valence-corrected chi connectivity index (χ4v) is 5.12. The Morgan fingerprint density at radius 1 is 1.14 bits per heavy atom. The Kier molecular flexibility index (Phi) is 2.91. The lowest BCUT2D eigenvalue weighted by Crippen LogP contribution is -2.59. The van der Waals surface area contributed by atoms with Gasteiger partial charge in [0.25, 0.3) is 5.91 Å². The van der Waals surface area contributed by atoms with Crippen LogP contribution in [0.1, 0.15) is 49.0 Å². The average Bonchev–Trinajstić information content (AvgIpc) is 2.45. The molecule has 4 bridgehead atoms. The smallest absolute Gasteiger partial charge is 0.272 e. The fourth-order valence-electron chi connectivity index (χ4n) is 5.12. The van der Waals surface area contributed by atoms with E-state index in [1.165, 1.54) is 19.3 Å². The number of carbonyl (C=O) groups excluding carboxylic acids is 1. The maximum Gasteiger partial charge on any atom is 0.272 e. The van der Waals surface area contributed by atoms with Gasteiger partial charge in [-0.1, -0.05) is 0 Å². The Morgan fingerprint density at radius 3 is 2.24 bits per heavy atom. The van der Waals surface area contributed by atoms with Crippen LogP contribution in [-0.2, 0) is 0 Å². The molecule has 5 rings (SSSR count). The van der Waals surface area contributed by atoms with Gasteiger partial charge in [-0.15, -0.1) is 10.2 Å². The van der Waals surface area contributed by atoms with Crippen molar-refractivity contribution in [2.24, 2.45) is 17.8 Å². The van der Waals surface area contributed by atoms with E-state index in [9.17, 15) is 4.79 Å². The molecule has 0 atom stereocenters. The summed E-state index contributed by atoms with van der Waals surface area (Å²) in [4.78, 5) is 12.5. The molecule has 0 aromatic carbocycles. The largest absolute Gasteiger partial charge is 0.480 e. The van der Waals surface area contributed by atoms with Gasteiger partial charge in [0.05, 0.1) is 7.11 Å². The third kappa shape index (κ3) is 2.28. The Morgan fingerprint density at radius 2 is 1.76 bits per heavy atom. The molecule has 5 nitrogen and oxygen atoms in total. The van der Waals surface area contributed by atoms with E-state index in [0.29, 0.717) is 11.6 Å². The molecule has 1 aromatic heterocycles. The zero-order valence-corrected chi connectivity index (χ0v) is 12.3. The minimum atomic E-state index is -0.0906. The van der Waals surface area contributed by atoms with E-state index in [1.54, 1.807) is 19.2 Å². The second kappa shape index (κ2) is 4.68. The topological polar surface area (TPSA) is 64.1 Å². The van der Waals surface area contributed by atoms with Gasteiger partial charge < -0.3 is 10.1 Å². The number of ether oxygens (including phenoxy) is 1. The van der Waals surface area contributed by atoms with E-state index < -0.39 is 0 Å². The summed E-state index contributed by atoms with van der Waals surface area (Å²) in [5.74, 6) is 2.80. The highest BCUT2D eigenvalue weighted by molar-refractivity contribution is 5.92. The maximum absolute atomic E-state index is 12.5. The molecule has 1 aromatic rings. The number of nitrogens with zero attached hydrogens (tertiary/aromatic N) is 2. The van der Waals surface area contributed by atoms with Gasteiger partial charge in [-0.05, 0) is 62.3 Å². The highest BCUT2D eigenvalue weighted by atomic mass is 16.5. The third-order valence-corrected chi connectivity index (χ3v) is 5.50. The van der Waals surface area contributed by atoms with Crippen molar-refractivity contribution in [3.63, 3.8) is 0 Å². The van der Waals surface area contributed by atoms with Crippen molar-refractivity contribution in [2.45, 2.75) is 44.1 Å². The molecule has 1 amide bonds. The van der Waals surface area contributed by atoms with Gasteiger partial charge in [0.15, 0.2) is 5.69 Å². The summed E-state index contributed by atoms with van der Waals surface area (Å²) in [7, 11) is 1.54. The van der Waals surface area contributed by atoms with E-state index in [4.69, 9.17) is 4.74 Å². The summed E-state index contributed by atoms with van der Waals surface area (Å²) in [6.45, 7) is 0. The first-order valence-corrected chi connectivity index (χ1v) is 7.86. The van der Waals surface area contributed by atoms with Crippen molar-refractivity contribution in [1.82, 2.24) is 15.5 Å². The van der Waals surface area contributed by atoms with E-state index >= 15 is 0 Å². The van der Waals surface area contributed by atoms with Crippen LogP contribution in [0.2, 0.25) is 0 Å². The molecule has 1 N–H and O–H groups in total. The Labute approximate surface area is 124 Å². The summed E-state index contributed by atoms with van der Waals surface area (Å²) in [5, 5.41) is 11.1. The summed E-state index contributed by atoms with van der Waals surface area (Å²) in [6.07, 6.45) is 7.56. The first-order valence-electron chi connectivity index (χ1n) is 7.86. The molecular formula is C16H21N3O2. The second-order valence-electron chi connectivity index (χ2n) is 7.11. The molecule has 21 heavy (non-hydrogen) atoms. The minimum Gasteiger partial charge on any atom is -0.480 e. The number of amides is 1. The molecule has 0 spiro atoms. The monoisotopic (exact) mass is 287 g/mol. The number of hydrogen-bond donors (Lipinski definition) is 1. The summed E-state index contributed by atoms with van der Waals surface area (Å²) < 4.78 is 4.98. The highest BCUT2D eigenvalue weighted by Crippen LogP contribution is 2.55. The quantitative estimate of drug-likeness (QED) is 0.925. The van der Waals surface area contributed by atoms with Gasteiger partial charge in [-0.3, -0.25) is 4.79 Å². The number of hydrogen-bond acceptors (Lipinski definition) is 4. The predicted molar refractivity (Wildman–Crippen MR) is 77.0 cm³/mol. The van der Waals surface area contributed by atoms with Gasteiger partial charge in [-0.2, -0.15) is 0 Å². The molecule has 112 valence electrons. The first-order chi connectivity index (χ1) is 10.2. The summed E-state index contributed by atoms with van der Waals surface area (Å²) in [6, 6.07) is 3.36. The van der Waals surface area contributed by atoms with Crippen molar-refractivity contribution in [3.8, 4) is 5.88 Å². The van der Waals surface area contributed by atoms with E-state index in [-0.39, 0.29) is 11.4 Å². The maximum atomic E-state index is 12.5. The van der Waals surface area contributed by atoms with Crippen LogP contribution in [0.4, 0.5) is 0 Å². The standard InChI is InChI=1S/C16H21N3O2/c1-21-14-3-2-13(18-19-14)15(20)17-16-7-10-4-11(8-16)6-12(5-10)9-16/h2-3,10-12H,4-9H2,1H3,(H,17,20). The molecule has 5 heteroatoms. The zero-order valence-electron chi connectivity index (χ0n) is 12.3. The number of methoxy groups -OCH3 is 1. The predicted octanol–water partition coefficient (Wildman–Crippen LogP) is 2.18. The van der Waals surface area contributed by atoms with Crippen LogP contribution in [0.5, 0.6) is 5.88 Å². The van der Waals surface area contributed by atoms with Gasteiger partial charge in [0.2, 0.25) is 5.88 Å². The molecule has 4 fully saturated rings. The van der Waals surface area contributed by atoms with Crippen LogP contribution < -0.4 is 10.1 Å². The molecular weight excluding hydrogens is 266 g/mol. The fraction of sp³-hybridized carbons (Fsp3) is 0.688. The van der Waals surface area contributed by atoms with Crippen molar-refractivity contribution < 1.29 is 9.53 Å². The van der Waals surface area contributed by atoms with E-state index in [2.05, 4.69) is 15.5 Å². The van der Waals surface area contributed by atoms with Crippen LogP contribution >= 0.6 is 0 Å². The van der Waals surface area contributed by atoms with Crippen LogP contribution in [0.25, 0.3) is 0 Å². The lowest BCUT2D eigenvalue weighted by molar-refractivity contribution is -0.0168. The van der Waals surface area contributed by atoms with Crippen molar-refractivity contribution in [1.29, 1.82) is 0 Å². The number of rotatable bonds is 3. The van der Waals surface area contributed by atoms with Crippen LogP contribution in [-0.4, -0.2) is 28.8 Å². The lowest BCUT2D eigenvalue weighted by Gasteiger charge is -2.56. The van der Waals surface area contributed by atoms with Gasteiger partial charge in [0.1, 0.15) is 0 Å². The molecule has 4 aliphatic rings. The van der Waals surface area contributed by atoms with Gasteiger partial charge in [-0.25, -0.2) is 0 Å². The Bertz CT molecular complexity index is 520. The number of carbonyl (C=O) groups is 1. The SMILES string of the molecule is COc1ccc(C(=O)NC23CC4CC(CC(C4)C2)C3)nn1. The zero-order chi connectivity index (χ0) is 14.4. The van der Waals surface area contributed by atoms with Crippen molar-refractivity contribution >= 4 is 5.91 Å². The molecule has 4 aliphatic carbocycles. The van der Waals surface area contributed by atoms with Gasteiger partial charge >= 0.3 is 0 Å². The summed E-state index contributed by atoms with van der Waals surface area (Å²) >= 11 is 0. The molecule has 1 heterocycles. The van der Waals surface area contributed by atoms with E-state index in [0.717, 1.165) is 37.0 Å². The number of nitrogens with one attached hydrogen (secondary N) is 1. The van der Waals surface area contributed by atoms with Gasteiger partial charge in [0, 0.05) is 11.6 Å². The van der Waals surface area contributed by atoms with Crippen LogP contribution in [0.15, 0.2) is 12.1 Å². The molecule has 0 unspecified atom stereocenters. The minimum absolute atomic E-state index is 0.0213. The Hall–Kier alpha value is -1.65. The van der Waals surface area contributed by atoms with Crippen molar-refractivity contribution in [3.05, 3.63) is 17.8 Å². The normalized spacial score (nSPS) is 36.5. The van der Waals surface area contributed by atoms with Crippen LogP contribution in [0, 0.1) is 17.8 Å². The van der Waals surface area contributed by atoms with E-state index in [1.807, 2.05) is 0 Å². The third-order valence-electron chi connectivity index (χ3n) is 5.50. The average molecular weight is 287 g/mol. The second-order valence-corrected chi connectivity index (χ2v) is 7.11.